The van der Waals surface area contributed by atoms with E-state index in [0.29, 0.717) is 25.0 Å². The van der Waals surface area contributed by atoms with Gasteiger partial charge in [-0.2, -0.15) is 0 Å². The molecule has 0 radical (unpaired) electrons. The summed E-state index contributed by atoms with van der Waals surface area (Å²) in [5, 5.41) is 0. The van der Waals surface area contributed by atoms with Crippen LogP contribution in [0.2, 0.25) is 0 Å². The quantitative estimate of drug-likeness (QED) is 0.812. The number of rotatable bonds is 3. The van der Waals surface area contributed by atoms with Crippen LogP contribution in [0.5, 0.6) is 5.75 Å². The summed E-state index contributed by atoms with van der Waals surface area (Å²) in [5.41, 5.74) is 6.50. The Morgan fingerprint density at radius 2 is 2.33 bits per heavy atom. The van der Waals surface area contributed by atoms with E-state index in [2.05, 4.69) is 0 Å². The summed E-state index contributed by atoms with van der Waals surface area (Å²) < 4.78 is 18.8. The van der Waals surface area contributed by atoms with Crippen molar-refractivity contribution in [3.05, 3.63) is 29.1 Å². The second-order valence-electron chi connectivity index (χ2n) is 3.57. The second-order valence-corrected chi connectivity index (χ2v) is 3.57. The van der Waals surface area contributed by atoms with Gasteiger partial charge in [0.2, 0.25) is 5.91 Å². The standard InChI is InChI=1S/C11H12FNO2/c12-9-2-3-10-8(5-6-15-10)7(9)1-4-11(13)14/h2-3H,1,4-6H2,(H2,13,14). The molecule has 0 bridgehead atoms. The van der Waals surface area contributed by atoms with Gasteiger partial charge in [0.05, 0.1) is 6.61 Å². The zero-order valence-corrected chi connectivity index (χ0v) is 8.25. The Morgan fingerprint density at radius 1 is 1.53 bits per heavy atom. The van der Waals surface area contributed by atoms with Crippen molar-refractivity contribution in [2.24, 2.45) is 5.73 Å². The highest BCUT2D eigenvalue weighted by Gasteiger charge is 2.19. The van der Waals surface area contributed by atoms with Crippen molar-refractivity contribution in [1.29, 1.82) is 0 Å². The van der Waals surface area contributed by atoms with Crippen LogP contribution in [0.1, 0.15) is 17.5 Å². The molecule has 0 spiro atoms. The highest BCUT2D eigenvalue weighted by atomic mass is 19.1. The second kappa shape index (κ2) is 3.88. The van der Waals surface area contributed by atoms with Crippen LogP contribution < -0.4 is 10.5 Å². The van der Waals surface area contributed by atoms with Crippen LogP contribution in [-0.2, 0) is 17.6 Å². The van der Waals surface area contributed by atoms with Gasteiger partial charge in [-0.25, -0.2) is 4.39 Å². The van der Waals surface area contributed by atoms with Gasteiger partial charge in [0.1, 0.15) is 11.6 Å². The van der Waals surface area contributed by atoms with E-state index in [9.17, 15) is 9.18 Å². The zero-order valence-electron chi connectivity index (χ0n) is 8.25. The highest BCUT2D eigenvalue weighted by molar-refractivity contribution is 5.74. The molecule has 1 amide bonds. The van der Waals surface area contributed by atoms with Crippen LogP contribution in [-0.4, -0.2) is 12.5 Å². The van der Waals surface area contributed by atoms with E-state index in [1.165, 1.54) is 6.07 Å². The maximum atomic E-state index is 13.5. The van der Waals surface area contributed by atoms with Crippen molar-refractivity contribution in [1.82, 2.24) is 0 Å². The minimum atomic E-state index is -0.411. The molecular weight excluding hydrogens is 197 g/mol. The van der Waals surface area contributed by atoms with Gasteiger partial charge in [-0.3, -0.25) is 4.79 Å². The normalized spacial score (nSPS) is 13.4. The average Bonchev–Trinajstić information content (AvgIpc) is 2.63. The predicted molar refractivity (Wildman–Crippen MR) is 53.1 cm³/mol. The van der Waals surface area contributed by atoms with Crippen molar-refractivity contribution in [2.75, 3.05) is 6.61 Å². The van der Waals surface area contributed by atoms with Crippen LogP contribution >= 0.6 is 0 Å². The first-order chi connectivity index (χ1) is 7.18. The predicted octanol–water partition coefficient (Wildman–Crippen LogP) is 1.18. The van der Waals surface area contributed by atoms with Crippen LogP contribution in [0.4, 0.5) is 4.39 Å². The number of carbonyl (C=O) groups is 1. The third kappa shape index (κ3) is 1.93. The van der Waals surface area contributed by atoms with Gasteiger partial charge < -0.3 is 10.5 Å². The number of halogens is 1. The number of ether oxygens (including phenoxy) is 1. The van der Waals surface area contributed by atoms with Crippen LogP contribution in [0.25, 0.3) is 0 Å². The molecule has 0 aromatic heterocycles. The summed E-state index contributed by atoms with van der Waals surface area (Å²) in [5.74, 6) is 0.0438. The molecule has 1 aromatic rings. The molecular formula is C11H12FNO2. The van der Waals surface area contributed by atoms with E-state index in [0.717, 1.165) is 11.3 Å². The topological polar surface area (TPSA) is 52.3 Å². The van der Waals surface area contributed by atoms with E-state index >= 15 is 0 Å². The van der Waals surface area contributed by atoms with Crippen molar-refractivity contribution in [3.63, 3.8) is 0 Å². The van der Waals surface area contributed by atoms with Gasteiger partial charge in [0.15, 0.2) is 0 Å². The third-order valence-electron chi connectivity index (χ3n) is 2.56. The first-order valence-electron chi connectivity index (χ1n) is 4.90. The monoisotopic (exact) mass is 209 g/mol. The molecule has 1 aliphatic rings. The van der Waals surface area contributed by atoms with Gasteiger partial charge in [-0.15, -0.1) is 0 Å². The maximum absolute atomic E-state index is 13.5. The Bertz CT molecular complexity index is 404. The Morgan fingerprint density at radius 3 is 3.07 bits per heavy atom. The van der Waals surface area contributed by atoms with E-state index in [4.69, 9.17) is 10.5 Å². The first kappa shape index (κ1) is 9.96. The number of amides is 1. The molecule has 2 N–H and O–H groups in total. The minimum absolute atomic E-state index is 0.174. The summed E-state index contributed by atoms with van der Waals surface area (Å²) in [7, 11) is 0. The molecule has 0 saturated carbocycles. The summed E-state index contributed by atoms with van der Waals surface area (Å²) in [6.07, 6.45) is 1.24. The van der Waals surface area contributed by atoms with E-state index < -0.39 is 5.91 Å². The van der Waals surface area contributed by atoms with Gasteiger partial charge in [-0.05, 0) is 24.1 Å². The van der Waals surface area contributed by atoms with Crippen molar-refractivity contribution in [3.8, 4) is 5.75 Å². The molecule has 1 heterocycles. The summed E-state index contributed by atoms with van der Waals surface area (Å²) >= 11 is 0. The molecule has 1 aromatic carbocycles. The largest absolute Gasteiger partial charge is 0.493 e. The molecule has 1 aliphatic heterocycles. The molecule has 0 unspecified atom stereocenters. The number of hydrogen-bond acceptors (Lipinski definition) is 2. The molecule has 0 atom stereocenters. The minimum Gasteiger partial charge on any atom is -0.493 e. The van der Waals surface area contributed by atoms with E-state index in [-0.39, 0.29) is 12.2 Å². The number of hydrogen-bond donors (Lipinski definition) is 1. The molecule has 0 fully saturated rings. The van der Waals surface area contributed by atoms with Gasteiger partial charge in [0.25, 0.3) is 0 Å². The smallest absolute Gasteiger partial charge is 0.217 e. The molecule has 4 heteroatoms. The summed E-state index contributed by atoms with van der Waals surface area (Å²) in [6.45, 7) is 0.586. The summed E-state index contributed by atoms with van der Waals surface area (Å²) in [6, 6.07) is 3.01. The number of nitrogens with two attached hydrogens (primary N) is 1. The Hall–Kier alpha value is -1.58. The molecule has 3 nitrogen and oxygen atoms in total. The lowest BCUT2D eigenvalue weighted by Gasteiger charge is -2.07. The van der Waals surface area contributed by atoms with E-state index in [1.807, 2.05) is 0 Å². The van der Waals surface area contributed by atoms with Crippen LogP contribution in [0.15, 0.2) is 12.1 Å². The van der Waals surface area contributed by atoms with Crippen LogP contribution in [0, 0.1) is 5.82 Å². The zero-order chi connectivity index (χ0) is 10.8. The molecule has 0 saturated heterocycles. The van der Waals surface area contributed by atoms with Crippen molar-refractivity contribution in [2.45, 2.75) is 19.3 Å². The van der Waals surface area contributed by atoms with Crippen molar-refractivity contribution >= 4 is 5.91 Å². The summed E-state index contributed by atoms with van der Waals surface area (Å²) in [4.78, 5) is 10.7. The Labute approximate surface area is 87.0 Å². The van der Waals surface area contributed by atoms with E-state index in [1.54, 1.807) is 6.07 Å². The number of carbonyl (C=O) groups excluding carboxylic acids is 1. The van der Waals surface area contributed by atoms with Crippen LogP contribution in [0.3, 0.4) is 0 Å². The lowest BCUT2D eigenvalue weighted by atomic mass is 10.00. The highest BCUT2D eigenvalue weighted by Crippen LogP contribution is 2.30. The lowest BCUT2D eigenvalue weighted by molar-refractivity contribution is -0.117. The van der Waals surface area contributed by atoms with Gasteiger partial charge in [0, 0.05) is 18.4 Å². The maximum Gasteiger partial charge on any atom is 0.217 e. The SMILES string of the molecule is NC(=O)CCc1c(F)ccc2c1CCO2. The first-order valence-corrected chi connectivity index (χ1v) is 4.90. The molecule has 15 heavy (non-hydrogen) atoms. The molecule has 80 valence electrons. The Kier molecular flexibility index (Phi) is 2.58. The number of primary amides is 1. The Balaban J connectivity index is 2.28. The van der Waals surface area contributed by atoms with Gasteiger partial charge >= 0.3 is 0 Å². The van der Waals surface area contributed by atoms with Gasteiger partial charge in [-0.1, -0.05) is 0 Å². The number of fused-ring (bicyclic) bond motifs is 1. The molecule has 2 rings (SSSR count). The molecule has 0 aliphatic carbocycles. The third-order valence-corrected chi connectivity index (χ3v) is 2.56. The fourth-order valence-electron chi connectivity index (χ4n) is 1.83. The average molecular weight is 209 g/mol. The fourth-order valence-corrected chi connectivity index (χ4v) is 1.83. The number of benzene rings is 1. The fraction of sp³-hybridized carbons (Fsp3) is 0.364. The van der Waals surface area contributed by atoms with Crippen molar-refractivity contribution < 1.29 is 13.9 Å². The lowest BCUT2D eigenvalue weighted by Crippen LogP contribution is -2.12.